The SMILES string of the molecule is CCC(C)(C(NN)c1ccc(C)c(Cl)c1)N1CCCC1. The normalized spacial score (nSPS) is 20.9. The number of nitrogens with zero attached hydrogens (tertiary/aromatic N) is 1. The first kappa shape index (κ1) is 15.8. The number of benzene rings is 1. The van der Waals surface area contributed by atoms with Gasteiger partial charge in [-0.1, -0.05) is 30.7 Å². The van der Waals surface area contributed by atoms with Gasteiger partial charge in [0.25, 0.3) is 0 Å². The minimum Gasteiger partial charge on any atom is -0.296 e. The average molecular weight is 296 g/mol. The maximum absolute atomic E-state index is 6.29. The van der Waals surface area contributed by atoms with E-state index >= 15 is 0 Å². The lowest BCUT2D eigenvalue weighted by Gasteiger charge is -2.44. The summed E-state index contributed by atoms with van der Waals surface area (Å²) in [6.45, 7) is 8.87. The Kier molecular flexibility index (Phi) is 5.08. The summed E-state index contributed by atoms with van der Waals surface area (Å²) in [5.74, 6) is 5.90. The Bertz CT molecular complexity index is 457. The van der Waals surface area contributed by atoms with Gasteiger partial charge in [0.05, 0.1) is 6.04 Å². The Hall–Kier alpha value is -0.610. The van der Waals surface area contributed by atoms with E-state index < -0.39 is 0 Å². The summed E-state index contributed by atoms with van der Waals surface area (Å²) >= 11 is 6.29. The second-order valence-corrected chi connectivity index (χ2v) is 6.42. The van der Waals surface area contributed by atoms with E-state index in [2.05, 4.69) is 36.3 Å². The van der Waals surface area contributed by atoms with Crippen LogP contribution in [0.3, 0.4) is 0 Å². The summed E-state index contributed by atoms with van der Waals surface area (Å²) in [5.41, 5.74) is 5.32. The molecule has 0 amide bonds. The molecule has 1 aromatic rings. The van der Waals surface area contributed by atoms with E-state index in [1.54, 1.807) is 0 Å². The Morgan fingerprint density at radius 2 is 2.05 bits per heavy atom. The number of hydrogen-bond donors (Lipinski definition) is 2. The lowest BCUT2D eigenvalue weighted by molar-refractivity contribution is 0.0840. The van der Waals surface area contributed by atoms with Crippen LogP contribution in [0.1, 0.15) is 50.3 Å². The fourth-order valence-electron chi connectivity index (χ4n) is 3.26. The molecule has 1 saturated heterocycles. The molecule has 3 N–H and O–H groups in total. The zero-order valence-electron chi connectivity index (χ0n) is 12.7. The summed E-state index contributed by atoms with van der Waals surface area (Å²) < 4.78 is 0. The van der Waals surface area contributed by atoms with E-state index in [0.29, 0.717) is 0 Å². The van der Waals surface area contributed by atoms with Crippen molar-refractivity contribution >= 4 is 11.6 Å². The molecule has 1 fully saturated rings. The predicted octanol–water partition coefficient (Wildman–Crippen LogP) is 3.42. The molecule has 2 atom stereocenters. The van der Waals surface area contributed by atoms with Crippen molar-refractivity contribution in [2.75, 3.05) is 13.1 Å². The van der Waals surface area contributed by atoms with E-state index in [1.807, 2.05) is 13.0 Å². The van der Waals surface area contributed by atoms with Gasteiger partial charge in [-0.2, -0.15) is 0 Å². The van der Waals surface area contributed by atoms with Gasteiger partial charge in [-0.15, -0.1) is 0 Å². The highest BCUT2D eigenvalue weighted by atomic mass is 35.5. The second-order valence-electron chi connectivity index (χ2n) is 6.01. The third-order valence-corrected chi connectivity index (χ3v) is 5.27. The van der Waals surface area contributed by atoms with Gasteiger partial charge in [-0.3, -0.25) is 16.2 Å². The molecular weight excluding hydrogens is 270 g/mol. The molecule has 1 aliphatic rings. The van der Waals surface area contributed by atoms with Crippen LogP contribution in [0.15, 0.2) is 18.2 Å². The van der Waals surface area contributed by atoms with Crippen LogP contribution in [0.5, 0.6) is 0 Å². The lowest BCUT2D eigenvalue weighted by atomic mass is 9.83. The Morgan fingerprint density at radius 3 is 2.55 bits per heavy atom. The fourth-order valence-corrected chi connectivity index (χ4v) is 3.45. The van der Waals surface area contributed by atoms with Crippen LogP contribution in [0.4, 0.5) is 0 Å². The predicted molar refractivity (Wildman–Crippen MR) is 85.8 cm³/mol. The van der Waals surface area contributed by atoms with Crippen LogP contribution in [-0.4, -0.2) is 23.5 Å². The molecule has 3 nitrogen and oxygen atoms in total. The molecule has 1 aromatic carbocycles. The summed E-state index contributed by atoms with van der Waals surface area (Å²) in [6.07, 6.45) is 3.61. The van der Waals surface area contributed by atoms with Gasteiger partial charge in [0, 0.05) is 10.6 Å². The number of likely N-dealkylation sites (tertiary alicyclic amines) is 1. The van der Waals surface area contributed by atoms with Gasteiger partial charge in [0.1, 0.15) is 0 Å². The summed E-state index contributed by atoms with van der Waals surface area (Å²) in [7, 11) is 0. The van der Waals surface area contributed by atoms with E-state index in [9.17, 15) is 0 Å². The second kappa shape index (κ2) is 6.44. The number of hydrazine groups is 1. The third kappa shape index (κ3) is 2.86. The number of hydrogen-bond acceptors (Lipinski definition) is 3. The van der Waals surface area contributed by atoms with Crippen LogP contribution in [0.2, 0.25) is 5.02 Å². The highest BCUT2D eigenvalue weighted by Gasteiger charge is 2.39. The maximum Gasteiger partial charge on any atom is 0.0641 e. The van der Waals surface area contributed by atoms with E-state index in [1.165, 1.54) is 18.4 Å². The largest absolute Gasteiger partial charge is 0.296 e. The molecule has 20 heavy (non-hydrogen) atoms. The number of nitrogens with two attached hydrogens (primary N) is 1. The average Bonchev–Trinajstić information content (AvgIpc) is 2.98. The number of rotatable bonds is 5. The molecule has 4 heteroatoms. The topological polar surface area (TPSA) is 41.3 Å². The van der Waals surface area contributed by atoms with Crippen molar-refractivity contribution in [3.05, 3.63) is 34.3 Å². The van der Waals surface area contributed by atoms with Gasteiger partial charge in [-0.05, 0) is 63.4 Å². The smallest absolute Gasteiger partial charge is 0.0641 e. The molecule has 2 rings (SSSR count). The van der Waals surface area contributed by atoms with Gasteiger partial charge < -0.3 is 0 Å². The highest BCUT2D eigenvalue weighted by molar-refractivity contribution is 6.31. The monoisotopic (exact) mass is 295 g/mol. The summed E-state index contributed by atoms with van der Waals surface area (Å²) in [5, 5.41) is 0.808. The van der Waals surface area contributed by atoms with Crippen molar-refractivity contribution in [2.45, 2.75) is 51.6 Å². The molecule has 0 spiro atoms. The molecule has 0 aliphatic carbocycles. The first-order valence-corrected chi connectivity index (χ1v) is 7.88. The third-order valence-electron chi connectivity index (χ3n) is 4.86. The zero-order valence-corrected chi connectivity index (χ0v) is 13.5. The first-order valence-electron chi connectivity index (χ1n) is 7.50. The summed E-state index contributed by atoms with van der Waals surface area (Å²) in [6, 6.07) is 6.34. The first-order chi connectivity index (χ1) is 9.52. The molecule has 112 valence electrons. The minimum absolute atomic E-state index is 0.0177. The lowest BCUT2D eigenvalue weighted by Crippen LogP contribution is -2.54. The Morgan fingerprint density at radius 1 is 1.40 bits per heavy atom. The quantitative estimate of drug-likeness (QED) is 0.646. The van der Waals surface area contributed by atoms with Gasteiger partial charge in [0.2, 0.25) is 0 Å². The van der Waals surface area contributed by atoms with Crippen molar-refractivity contribution in [1.82, 2.24) is 10.3 Å². The highest BCUT2D eigenvalue weighted by Crippen LogP contribution is 2.37. The van der Waals surface area contributed by atoms with E-state index in [4.69, 9.17) is 17.4 Å². The maximum atomic E-state index is 6.29. The van der Waals surface area contributed by atoms with E-state index in [-0.39, 0.29) is 11.6 Å². The van der Waals surface area contributed by atoms with Gasteiger partial charge in [0.15, 0.2) is 0 Å². The van der Waals surface area contributed by atoms with E-state index in [0.717, 1.165) is 30.1 Å². The molecular formula is C16H26ClN3. The van der Waals surface area contributed by atoms with Crippen molar-refractivity contribution in [3.63, 3.8) is 0 Å². The molecule has 0 aromatic heterocycles. The number of nitrogens with one attached hydrogen (secondary N) is 1. The van der Waals surface area contributed by atoms with Crippen LogP contribution < -0.4 is 11.3 Å². The van der Waals surface area contributed by atoms with Gasteiger partial charge in [-0.25, -0.2) is 0 Å². The van der Waals surface area contributed by atoms with Crippen molar-refractivity contribution in [2.24, 2.45) is 5.84 Å². The van der Waals surface area contributed by atoms with Gasteiger partial charge >= 0.3 is 0 Å². The molecule has 0 bridgehead atoms. The zero-order chi connectivity index (χ0) is 14.8. The van der Waals surface area contributed by atoms with Crippen LogP contribution in [-0.2, 0) is 0 Å². The number of aryl methyl sites for hydroxylation is 1. The standard InChI is InChI=1S/C16H26ClN3/c1-4-16(3,20-9-5-6-10-20)15(19-18)13-8-7-12(2)14(17)11-13/h7-8,11,15,19H,4-6,9-10,18H2,1-3H3. The molecule has 0 radical (unpaired) electrons. The molecule has 1 heterocycles. The summed E-state index contributed by atoms with van der Waals surface area (Å²) in [4.78, 5) is 2.56. The Balaban J connectivity index is 2.35. The van der Waals surface area contributed by atoms with Crippen LogP contribution >= 0.6 is 11.6 Å². The van der Waals surface area contributed by atoms with Crippen LogP contribution in [0.25, 0.3) is 0 Å². The van der Waals surface area contributed by atoms with Crippen molar-refractivity contribution in [3.8, 4) is 0 Å². The molecule has 1 aliphatic heterocycles. The molecule has 2 unspecified atom stereocenters. The minimum atomic E-state index is 0.0177. The molecule has 0 saturated carbocycles. The fraction of sp³-hybridized carbons (Fsp3) is 0.625. The van der Waals surface area contributed by atoms with Crippen molar-refractivity contribution in [1.29, 1.82) is 0 Å². The number of halogens is 1. The van der Waals surface area contributed by atoms with Crippen molar-refractivity contribution < 1.29 is 0 Å². The van der Waals surface area contributed by atoms with Crippen LogP contribution in [0, 0.1) is 6.92 Å². The Labute approximate surface area is 127 Å².